The van der Waals surface area contributed by atoms with Crippen LogP contribution in [-0.4, -0.2) is 14.1 Å². The summed E-state index contributed by atoms with van der Waals surface area (Å²) in [7, 11) is 0. The molecule has 10 aromatic rings. The van der Waals surface area contributed by atoms with Gasteiger partial charge in [-0.3, -0.25) is 4.98 Å². The Hall–Kier alpha value is -7.22. The first-order chi connectivity index (χ1) is 26.6. The van der Waals surface area contributed by atoms with Crippen molar-refractivity contribution < 1.29 is 0 Å². The molecule has 0 spiro atoms. The van der Waals surface area contributed by atoms with Gasteiger partial charge in [0.1, 0.15) is 0 Å². The molecule has 0 amide bonds. The molecule has 0 unspecified atom stereocenters. The number of hydrogen-bond acceptors (Lipinski definition) is 2. The van der Waals surface area contributed by atoms with Gasteiger partial charge >= 0.3 is 0 Å². The molecule has 0 atom stereocenters. The average Bonchev–Trinajstić information content (AvgIpc) is 3.72. The van der Waals surface area contributed by atoms with E-state index in [2.05, 4.69) is 199 Å². The molecule has 3 heterocycles. The molecule has 0 saturated carbocycles. The molecule has 4 nitrogen and oxygen atoms in total. The van der Waals surface area contributed by atoms with Crippen LogP contribution in [0.1, 0.15) is 17.0 Å². The SMILES string of the molecule is Cc1cc(-c2c(-n3c4ccccc4c4ccc(-c5ccccc5)cc43)cc(C#N)cc2-n2c3ccccc3c3ccc(-c4ccccc4)cc32)cc(C)n1. The minimum atomic E-state index is 0.585. The van der Waals surface area contributed by atoms with E-state index in [4.69, 9.17) is 4.98 Å². The first-order valence-corrected chi connectivity index (χ1v) is 18.3. The first-order valence-electron chi connectivity index (χ1n) is 18.3. The minimum absolute atomic E-state index is 0.585. The van der Waals surface area contributed by atoms with E-state index in [0.29, 0.717) is 5.56 Å². The van der Waals surface area contributed by atoms with Gasteiger partial charge in [0.2, 0.25) is 0 Å². The van der Waals surface area contributed by atoms with Crippen LogP contribution in [0, 0.1) is 25.2 Å². The molecule has 0 saturated heterocycles. The summed E-state index contributed by atoms with van der Waals surface area (Å²) in [6.07, 6.45) is 0. The average molecular weight is 691 g/mol. The van der Waals surface area contributed by atoms with Crippen LogP contribution in [0.2, 0.25) is 0 Å². The number of para-hydroxylation sites is 2. The van der Waals surface area contributed by atoms with Gasteiger partial charge in [-0.25, -0.2) is 0 Å². The Kier molecular flexibility index (Phi) is 7.28. The van der Waals surface area contributed by atoms with Gasteiger partial charge in [-0.2, -0.15) is 5.26 Å². The van der Waals surface area contributed by atoms with Crippen LogP contribution in [0.25, 0.3) is 88.4 Å². The molecular weight excluding hydrogens is 657 g/mol. The fourth-order valence-corrected chi connectivity index (χ4v) is 8.38. The molecule has 0 bridgehead atoms. The van der Waals surface area contributed by atoms with Gasteiger partial charge < -0.3 is 9.13 Å². The lowest BCUT2D eigenvalue weighted by Crippen LogP contribution is -2.06. The molecule has 10 rings (SSSR count). The molecule has 54 heavy (non-hydrogen) atoms. The number of aromatic nitrogens is 3. The van der Waals surface area contributed by atoms with E-state index in [0.717, 1.165) is 99.8 Å². The van der Waals surface area contributed by atoms with Crippen molar-refractivity contribution in [2.24, 2.45) is 0 Å². The fourth-order valence-electron chi connectivity index (χ4n) is 8.38. The Bertz CT molecular complexity index is 2920. The van der Waals surface area contributed by atoms with Crippen LogP contribution >= 0.6 is 0 Å². The molecule has 0 fully saturated rings. The third-order valence-corrected chi connectivity index (χ3v) is 10.6. The number of rotatable bonds is 5. The number of pyridine rings is 1. The Labute approximate surface area is 313 Å². The lowest BCUT2D eigenvalue weighted by molar-refractivity contribution is 1.11. The van der Waals surface area contributed by atoms with Gasteiger partial charge in [-0.15, -0.1) is 0 Å². The van der Waals surface area contributed by atoms with Crippen molar-refractivity contribution in [1.29, 1.82) is 5.26 Å². The zero-order valence-corrected chi connectivity index (χ0v) is 30.0. The number of fused-ring (bicyclic) bond motifs is 6. The van der Waals surface area contributed by atoms with Crippen molar-refractivity contribution in [3.8, 4) is 50.8 Å². The predicted octanol–water partition coefficient (Wildman–Crippen LogP) is 12.8. The highest BCUT2D eigenvalue weighted by Gasteiger charge is 2.24. The quantitative estimate of drug-likeness (QED) is 0.180. The summed E-state index contributed by atoms with van der Waals surface area (Å²) in [5.41, 5.74) is 15.3. The van der Waals surface area contributed by atoms with E-state index < -0.39 is 0 Å². The second-order valence-corrected chi connectivity index (χ2v) is 14.0. The van der Waals surface area contributed by atoms with Crippen molar-refractivity contribution in [2.45, 2.75) is 13.8 Å². The van der Waals surface area contributed by atoms with Gasteiger partial charge in [0.25, 0.3) is 0 Å². The zero-order chi connectivity index (χ0) is 36.3. The lowest BCUT2D eigenvalue weighted by Gasteiger charge is -2.21. The van der Waals surface area contributed by atoms with E-state index in [1.165, 1.54) is 0 Å². The Balaban J connectivity index is 1.38. The van der Waals surface area contributed by atoms with Crippen molar-refractivity contribution in [3.63, 3.8) is 0 Å². The Morgan fingerprint density at radius 3 is 1.30 bits per heavy atom. The van der Waals surface area contributed by atoms with E-state index in [-0.39, 0.29) is 0 Å². The lowest BCUT2D eigenvalue weighted by atomic mass is 9.97. The second-order valence-electron chi connectivity index (χ2n) is 14.0. The van der Waals surface area contributed by atoms with Crippen molar-refractivity contribution in [3.05, 3.63) is 187 Å². The van der Waals surface area contributed by atoms with Crippen LogP contribution < -0.4 is 0 Å². The van der Waals surface area contributed by atoms with Crippen LogP contribution in [0.5, 0.6) is 0 Å². The van der Waals surface area contributed by atoms with Gasteiger partial charge in [0, 0.05) is 38.5 Å². The standard InChI is InChI=1S/C50H34N4/c1-32-25-39(26-33(2)52-32)50-48(53-44-19-11-9-17-40(44)42-23-21-37(29-46(42)53)35-13-5-3-6-14-35)27-34(31-51)28-49(50)54-45-20-12-10-18-41(45)43-24-22-38(30-47(43)54)36-15-7-4-8-16-36/h3-30H,1-2H3. The van der Waals surface area contributed by atoms with E-state index in [9.17, 15) is 5.26 Å². The number of nitriles is 1. The highest BCUT2D eigenvalue weighted by molar-refractivity contribution is 6.13. The van der Waals surface area contributed by atoms with E-state index in [1.54, 1.807) is 0 Å². The second kappa shape index (κ2) is 12.5. The molecular formula is C50H34N4. The monoisotopic (exact) mass is 690 g/mol. The van der Waals surface area contributed by atoms with Gasteiger partial charge in [0.05, 0.1) is 45.1 Å². The van der Waals surface area contributed by atoms with Crippen molar-refractivity contribution in [1.82, 2.24) is 14.1 Å². The maximum absolute atomic E-state index is 10.8. The Morgan fingerprint density at radius 1 is 0.407 bits per heavy atom. The molecule has 4 heteroatoms. The van der Waals surface area contributed by atoms with Gasteiger partial charge in [-0.05, 0) is 90.2 Å². The van der Waals surface area contributed by atoms with Crippen molar-refractivity contribution in [2.75, 3.05) is 0 Å². The summed E-state index contributed by atoms with van der Waals surface area (Å²) >= 11 is 0. The van der Waals surface area contributed by atoms with Crippen LogP contribution in [-0.2, 0) is 0 Å². The molecule has 254 valence electrons. The first kappa shape index (κ1) is 31.5. The summed E-state index contributed by atoms with van der Waals surface area (Å²) in [4.78, 5) is 4.80. The molecule has 0 aliphatic carbocycles. The van der Waals surface area contributed by atoms with Gasteiger partial charge in [0.15, 0.2) is 0 Å². The molecule has 7 aromatic carbocycles. The predicted molar refractivity (Wildman–Crippen MR) is 223 cm³/mol. The third-order valence-electron chi connectivity index (χ3n) is 10.6. The molecule has 3 aromatic heterocycles. The highest BCUT2D eigenvalue weighted by atomic mass is 15.0. The Morgan fingerprint density at radius 2 is 0.833 bits per heavy atom. The number of nitrogens with zero attached hydrogens (tertiary/aromatic N) is 4. The maximum atomic E-state index is 10.8. The number of hydrogen-bond donors (Lipinski definition) is 0. The van der Waals surface area contributed by atoms with Crippen LogP contribution in [0.3, 0.4) is 0 Å². The topological polar surface area (TPSA) is 46.5 Å². The highest BCUT2D eigenvalue weighted by Crippen LogP contribution is 2.44. The fraction of sp³-hybridized carbons (Fsp3) is 0.0400. The number of benzene rings is 7. The third kappa shape index (κ3) is 5.02. The molecule has 0 aliphatic heterocycles. The van der Waals surface area contributed by atoms with Crippen LogP contribution in [0.4, 0.5) is 0 Å². The van der Waals surface area contributed by atoms with Crippen molar-refractivity contribution >= 4 is 43.6 Å². The normalized spacial score (nSPS) is 11.5. The summed E-state index contributed by atoms with van der Waals surface area (Å²) in [6.45, 7) is 4.11. The minimum Gasteiger partial charge on any atom is -0.308 e. The van der Waals surface area contributed by atoms with Crippen LogP contribution in [0.15, 0.2) is 170 Å². The largest absolute Gasteiger partial charge is 0.308 e. The molecule has 0 aliphatic rings. The van der Waals surface area contributed by atoms with E-state index in [1.807, 2.05) is 0 Å². The molecule has 0 radical (unpaired) electrons. The summed E-state index contributed by atoms with van der Waals surface area (Å²) in [5.74, 6) is 0. The van der Waals surface area contributed by atoms with E-state index >= 15 is 0 Å². The zero-order valence-electron chi connectivity index (χ0n) is 30.0. The number of aryl methyl sites for hydroxylation is 2. The van der Waals surface area contributed by atoms with Gasteiger partial charge in [-0.1, -0.05) is 121 Å². The summed E-state index contributed by atoms with van der Waals surface area (Å²) in [5, 5.41) is 15.4. The molecule has 0 N–H and O–H groups in total. The smallest absolute Gasteiger partial charge is 0.0993 e. The maximum Gasteiger partial charge on any atom is 0.0993 e. The summed E-state index contributed by atoms with van der Waals surface area (Å²) < 4.78 is 4.73. The summed E-state index contributed by atoms with van der Waals surface area (Å²) in [6, 6.07) is 62.8.